The molecule has 0 spiro atoms. The second kappa shape index (κ2) is 5.74. The average molecular weight is 343 g/mol. The minimum absolute atomic E-state index is 0.0487. The van der Waals surface area contributed by atoms with E-state index in [1.807, 2.05) is 55.5 Å². The molecule has 3 nitrogen and oxygen atoms in total. The van der Waals surface area contributed by atoms with Crippen molar-refractivity contribution >= 4 is 32.5 Å². The van der Waals surface area contributed by atoms with E-state index in [1.165, 1.54) is 5.56 Å². The number of pyridine rings is 1. The Balaban J connectivity index is 1.86. The van der Waals surface area contributed by atoms with Crippen LogP contribution in [-0.2, 0) is 6.54 Å². The third kappa shape index (κ3) is 3.00. The molecule has 0 radical (unpaired) electrons. The summed E-state index contributed by atoms with van der Waals surface area (Å²) in [5, 5.41) is 4.33. The number of aryl methyl sites for hydroxylation is 1. The van der Waals surface area contributed by atoms with Gasteiger partial charge in [0, 0.05) is 27.8 Å². The summed E-state index contributed by atoms with van der Waals surface area (Å²) in [4.78, 5) is 15.0. The minimum Gasteiger partial charge on any atom is -0.381 e. The molecule has 2 N–H and O–H groups in total. The maximum atomic E-state index is 12.1. The Hall–Kier alpha value is -2.07. The summed E-state index contributed by atoms with van der Waals surface area (Å²) < 4.78 is 1.06. The van der Waals surface area contributed by atoms with Crippen LogP contribution in [0.25, 0.3) is 10.9 Å². The van der Waals surface area contributed by atoms with Gasteiger partial charge in [0.2, 0.25) is 0 Å². The molecule has 106 valence electrons. The normalized spacial score (nSPS) is 10.8. The molecule has 1 aromatic heterocycles. The van der Waals surface area contributed by atoms with Crippen LogP contribution in [0.15, 0.2) is 57.8 Å². The summed E-state index contributed by atoms with van der Waals surface area (Å²) in [6.45, 7) is 2.54. The molecule has 0 aliphatic heterocycles. The van der Waals surface area contributed by atoms with Crippen molar-refractivity contribution in [3.05, 3.63) is 74.5 Å². The van der Waals surface area contributed by atoms with Crippen LogP contribution >= 0.6 is 15.9 Å². The number of H-pyrrole nitrogens is 1. The summed E-state index contributed by atoms with van der Waals surface area (Å²) in [5.74, 6) is 0. The molecule has 0 aliphatic rings. The number of aromatic nitrogens is 1. The fourth-order valence-corrected chi connectivity index (χ4v) is 2.60. The highest BCUT2D eigenvalue weighted by Gasteiger charge is 2.03. The zero-order valence-corrected chi connectivity index (χ0v) is 13.2. The molecule has 0 fully saturated rings. The van der Waals surface area contributed by atoms with Crippen LogP contribution in [-0.4, -0.2) is 4.98 Å². The SMILES string of the molecule is Cc1ccc(NCc2cc3ccccc3[nH]c2=O)cc1Br. The molecular formula is C17H15BrN2O. The first-order valence-corrected chi connectivity index (χ1v) is 7.54. The van der Waals surface area contributed by atoms with Gasteiger partial charge in [0.1, 0.15) is 0 Å². The molecule has 3 rings (SSSR count). The van der Waals surface area contributed by atoms with E-state index in [2.05, 4.69) is 26.2 Å². The first-order chi connectivity index (χ1) is 10.1. The number of anilines is 1. The number of benzene rings is 2. The molecule has 3 aromatic rings. The van der Waals surface area contributed by atoms with Crippen LogP contribution in [0.4, 0.5) is 5.69 Å². The summed E-state index contributed by atoms with van der Waals surface area (Å²) in [6.07, 6.45) is 0. The van der Waals surface area contributed by atoms with Gasteiger partial charge in [-0.15, -0.1) is 0 Å². The van der Waals surface area contributed by atoms with E-state index in [0.29, 0.717) is 6.54 Å². The Morgan fingerprint density at radius 1 is 1.14 bits per heavy atom. The van der Waals surface area contributed by atoms with E-state index in [9.17, 15) is 4.79 Å². The van der Waals surface area contributed by atoms with Gasteiger partial charge in [-0.05, 0) is 42.1 Å². The molecule has 4 heteroatoms. The van der Waals surface area contributed by atoms with Gasteiger partial charge < -0.3 is 10.3 Å². The van der Waals surface area contributed by atoms with Crippen molar-refractivity contribution < 1.29 is 0 Å². The molecule has 0 amide bonds. The third-order valence-electron chi connectivity index (χ3n) is 3.49. The van der Waals surface area contributed by atoms with Gasteiger partial charge in [-0.2, -0.15) is 0 Å². The van der Waals surface area contributed by atoms with Crippen molar-refractivity contribution in [3.8, 4) is 0 Å². The molecule has 1 heterocycles. The molecule has 0 atom stereocenters. The highest BCUT2D eigenvalue weighted by atomic mass is 79.9. The minimum atomic E-state index is -0.0487. The van der Waals surface area contributed by atoms with E-state index in [-0.39, 0.29) is 5.56 Å². The number of rotatable bonds is 3. The zero-order chi connectivity index (χ0) is 14.8. The number of halogens is 1. The van der Waals surface area contributed by atoms with Crippen LogP contribution in [0.1, 0.15) is 11.1 Å². The maximum absolute atomic E-state index is 12.1. The topological polar surface area (TPSA) is 44.9 Å². The number of fused-ring (bicyclic) bond motifs is 1. The molecule has 0 aliphatic carbocycles. The zero-order valence-electron chi connectivity index (χ0n) is 11.6. The number of aromatic amines is 1. The smallest absolute Gasteiger partial charge is 0.253 e. The highest BCUT2D eigenvalue weighted by Crippen LogP contribution is 2.21. The van der Waals surface area contributed by atoms with Crippen LogP contribution in [0.2, 0.25) is 0 Å². The summed E-state index contributed by atoms with van der Waals surface area (Å²) in [7, 11) is 0. The van der Waals surface area contributed by atoms with Crippen LogP contribution in [0, 0.1) is 6.92 Å². The lowest BCUT2D eigenvalue weighted by Gasteiger charge is -2.08. The lowest BCUT2D eigenvalue weighted by atomic mass is 10.1. The second-order valence-electron chi connectivity index (χ2n) is 5.03. The van der Waals surface area contributed by atoms with Crippen molar-refractivity contribution in [3.63, 3.8) is 0 Å². The van der Waals surface area contributed by atoms with Gasteiger partial charge >= 0.3 is 0 Å². The molecular weight excluding hydrogens is 328 g/mol. The van der Waals surface area contributed by atoms with Gasteiger partial charge in [-0.1, -0.05) is 40.2 Å². The highest BCUT2D eigenvalue weighted by molar-refractivity contribution is 9.10. The van der Waals surface area contributed by atoms with Gasteiger partial charge in [-0.3, -0.25) is 4.79 Å². The number of hydrogen-bond donors (Lipinski definition) is 2. The van der Waals surface area contributed by atoms with E-state index in [1.54, 1.807) is 0 Å². The monoisotopic (exact) mass is 342 g/mol. The summed E-state index contributed by atoms with van der Waals surface area (Å²) in [5.41, 5.74) is 3.71. The number of nitrogens with one attached hydrogen (secondary N) is 2. The lowest BCUT2D eigenvalue weighted by molar-refractivity contribution is 1.09. The first kappa shape index (κ1) is 13.9. The van der Waals surface area contributed by atoms with E-state index >= 15 is 0 Å². The predicted molar refractivity (Wildman–Crippen MR) is 90.8 cm³/mol. The molecule has 2 aromatic carbocycles. The maximum Gasteiger partial charge on any atom is 0.253 e. The molecule has 0 unspecified atom stereocenters. The molecule has 0 saturated carbocycles. The van der Waals surface area contributed by atoms with Gasteiger partial charge in [-0.25, -0.2) is 0 Å². The number of para-hydroxylation sites is 1. The molecule has 0 saturated heterocycles. The Bertz CT molecular complexity index is 855. The van der Waals surface area contributed by atoms with E-state index in [0.717, 1.165) is 26.6 Å². The predicted octanol–water partition coefficient (Wildman–Crippen LogP) is 4.21. The third-order valence-corrected chi connectivity index (χ3v) is 4.34. The lowest BCUT2D eigenvalue weighted by Crippen LogP contribution is -2.15. The first-order valence-electron chi connectivity index (χ1n) is 6.74. The van der Waals surface area contributed by atoms with Gasteiger partial charge in [0.05, 0.1) is 0 Å². The van der Waals surface area contributed by atoms with Crippen molar-refractivity contribution in [1.82, 2.24) is 4.98 Å². The fourth-order valence-electron chi connectivity index (χ4n) is 2.22. The van der Waals surface area contributed by atoms with E-state index < -0.39 is 0 Å². The largest absolute Gasteiger partial charge is 0.381 e. The molecule has 21 heavy (non-hydrogen) atoms. The van der Waals surface area contributed by atoms with Crippen LogP contribution in [0.5, 0.6) is 0 Å². The summed E-state index contributed by atoms with van der Waals surface area (Å²) >= 11 is 3.51. The van der Waals surface area contributed by atoms with Crippen molar-refractivity contribution in [2.24, 2.45) is 0 Å². The standard InChI is InChI=1S/C17H15BrN2O/c1-11-6-7-14(9-15(11)18)19-10-13-8-12-4-2-3-5-16(12)20-17(13)21/h2-9,19H,10H2,1H3,(H,20,21). The van der Waals surface area contributed by atoms with Crippen molar-refractivity contribution in [1.29, 1.82) is 0 Å². The van der Waals surface area contributed by atoms with Crippen LogP contribution in [0.3, 0.4) is 0 Å². The quantitative estimate of drug-likeness (QED) is 0.748. The van der Waals surface area contributed by atoms with Crippen molar-refractivity contribution in [2.75, 3.05) is 5.32 Å². The number of hydrogen-bond acceptors (Lipinski definition) is 2. The fraction of sp³-hybridized carbons (Fsp3) is 0.118. The van der Waals surface area contributed by atoms with Gasteiger partial charge in [0.15, 0.2) is 0 Å². The Kier molecular flexibility index (Phi) is 3.80. The summed E-state index contributed by atoms with van der Waals surface area (Å²) in [6, 6.07) is 15.8. The molecule has 0 bridgehead atoms. The Morgan fingerprint density at radius 3 is 2.76 bits per heavy atom. The van der Waals surface area contributed by atoms with Crippen molar-refractivity contribution in [2.45, 2.75) is 13.5 Å². The van der Waals surface area contributed by atoms with Gasteiger partial charge in [0.25, 0.3) is 5.56 Å². The average Bonchev–Trinajstić information content (AvgIpc) is 2.48. The Morgan fingerprint density at radius 2 is 1.95 bits per heavy atom. The van der Waals surface area contributed by atoms with Crippen LogP contribution < -0.4 is 10.9 Å². The second-order valence-corrected chi connectivity index (χ2v) is 5.88. The van der Waals surface area contributed by atoms with E-state index in [4.69, 9.17) is 0 Å². The Labute approximate surface area is 131 Å².